The van der Waals surface area contributed by atoms with Crippen molar-refractivity contribution in [1.82, 2.24) is 5.32 Å². The molecular formula is C15H23NO2S. The van der Waals surface area contributed by atoms with Gasteiger partial charge in [-0.1, -0.05) is 32.9 Å². The van der Waals surface area contributed by atoms with E-state index in [0.29, 0.717) is 5.75 Å². The van der Waals surface area contributed by atoms with Gasteiger partial charge in [-0.05, 0) is 30.0 Å². The van der Waals surface area contributed by atoms with Crippen LogP contribution in [0.5, 0.6) is 0 Å². The van der Waals surface area contributed by atoms with Crippen LogP contribution in [0.25, 0.3) is 0 Å². The number of carbonyl (C=O) groups is 1. The Hall–Kier alpha value is -1.00. The SMILES string of the molecule is CC(CO)NC(=O)CSc1ccc(C(C)(C)C)cc1. The second-order valence-electron chi connectivity index (χ2n) is 5.71. The summed E-state index contributed by atoms with van der Waals surface area (Å²) >= 11 is 1.51. The highest BCUT2D eigenvalue weighted by molar-refractivity contribution is 8.00. The highest BCUT2D eigenvalue weighted by Gasteiger charge is 2.13. The molecule has 0 heterocycles. The van der Waals surface area contributed by atoms with E-state index < -0.39 is 0 Å². The molecule has 3 nitrogen and oxygen atoms in total. The summed E-state index contributed by atoms with van der Waals surface area (Å²) in [5.41, 5.74) is 1.44. The smallest absolute Gasteiger partial charge is 0.230 e. The number of thioether (sulfide) groups is 1. The Kier molecular flexibility index (Phi) is 5.88. The van der Waals surface area contributed by atoms with Crippen LogP contribution in [0, 0.1) is 0 Å². The van der Waals surface area contributed by atoms with E-state index in [1.54, 1.807) is 6.92 Å². The number of hydrogen-bond acceptors (Lipinski definition) is 3. The van der Waals surface area contributed by atoms with Crippen molar-refractivity contribution in [3.05, 3.63) is 29.8 Å². The Morgan fingerprint density at radius 3 is 2.37 bits per heavy atom. The summed E-state index contributed by atoms with van der Waals surface area (Å²) in [4.78, 5) is 12.7. The molecule has 1 rings (SSSR count). The first-order valence-corrected chi connectivity index (χ1v) is 7.45. The lowest BCUT2D eigenvalue weighted by molar-refractivity contribution is -0.119. The number of aliphatic hydroxyl groups is 1. The maximum Gasteiger partial charge on any atom is 0.230 e. The first-order chi connectivity index (χ1) is 8.82. The Labute approximate surface area is 119 Å². The summed E-state index contributed by atoms with van der Waals surface area (Å²) in [5, 5.41) is 11.6. The molecule has 1 atom stereocenters. The molecule has 0 bridgehead atoms. The quantitative estimate of drug-likeness (QED) is 0.816. The summed E-state index contributed by atoms with van der Waals surface area (Å²) in [5.74, 6) is 0.325. The molecule has 106 valence electrons. The molecule has 19 heavy (non-hydrogen) atoms. The summed E-state index contributed by atoms with van der Waals surface area (Å²) in [7, 11) is 0. The van der Waals surface area contributed by atoms with Crippen molar-refractivity contribution in [3.8, 4) is 0 Å². The van der Waals surface area contributed by atoms with Crippen LogP contribution >= 0.6 is 11.8 Å². The third-order valence-electron chi connectivity index (χ3n) is 2.77. The monoisotopic (exact) mass is 281 g/mol. The summed E-state index contributed by atoms with van der Waals surface area (Å²) in [6.45, 7) is 8.29. The van der Waals surface area contributed by atoms with Gasteiger partial charge >= 0.3 is 0 Å². The van der Waals surface area contributed by atoms with E-state index >= 15 is 0 Å². The third kappa shape index (κ3) is 5.66. The van der Waals surface area contributed by atoms with Crippen LogP contribution in [0.2, 0.25) is 0 Å². The topological polar surface area (TPSA) is 49.3 Å². The fourth-order valence-electron chi connectivity index (χ4n) is 1.56. The molecule has 1 amide bonds. The van der Waals surface area contributed by atoms with E-state index in [-0.39, 0.29) is 24.0 Å². The number of rotatable bonds is 5. The number of nitrogens with one attached hydrogen (secondary N) is 1. The van der Waals surface area contributed by atoms with Gasteiger partial charge in [0.15, 0.2) is 0 Å². The lowest BCUT2D eigenvalue weighted by atomic mass is 9.87. The molecule has 1 unspecified atom stereocenters. The van der Waals surface area contributed by atoms with Crippen LogP contribution in [0.1, 0.15) is 33.3 Å². The number of amides is 1. The zero-order valence-electron chi connectivity index (χ0n) is 12.1. The average Bonchev–Trinajstić information content (AvgIpc) is 2.35. The van der Waals surface area contributed by atoms with E-state index in [1.165, 1.54) is 17.3 Å². The number of carbonyl (C=O) groups excluding carboxylic acids is 1. The predicted molar refractivity (Wildman–Crippen MR) is 80.6 cm³/mol. The molecule has 0 aliphatic heterocycles. The van der Waals surface area contributed by atoms with Crippen LogP contribution in [0.15, 0.2) is 29.2 Å². The molecule has 0 aliphatic rings. The summed E-state index contributed by atoms with van der Waals surface area (Å²) < 4.78 is 0. The minimum atomic E-state index is -0.184. The maximum atomic E-state index is 11.6. The molecule has 0 saturated carbocycles. The van der Waals surface area contributed by atoms with E-state index in [2.05, 4.69) is 38.2 Å². The van der Waals surface area contributed by atoms with Gasteiger partial charge in [0.2, 0.25) is 5.91 Å². The zero-order chi connectivity index (χ0) is 14.5. The zero-order valence-corrected chi connectivity index (χ0v) is 12.9. The molecule has 0 aromatic heterocycles. The van der Waals surface area contributed by atoms with Crippen molar-refractivity contribution in [2.24, 2.45) is 0 Å². The van der Waals surface area contributed by atoms with Gasteiger partial charge in [0.05, 0.1) is 12.4 Å². The molecule has 0 spiro atoms. The fourth-order valence-corrected chi connectivity index (χ4v) is 2.27. The number of aliphatic hydroxyl groups excluding tert-OH is 1. The van der Waals surface area contributed by atoms with Crippen LogP contribution < -0.4 is 5.32 Å². The summed E-state index contributed by atoms with van der Waals surface area (Å²) in [6.07, 6.45) is 0. The van der Waals surface area contributed by atoms with Gasteiger partial charge in [0, 0.05) is 10.9 Å². The molecule has 0 saturated heterocycles. The largest absolute Gasteiger partial charge is 0.394 e. The Morgan fingerprint density at radius 1 is 1.32 bits per heavy atom. The van der Waals surface area contributed by atoms with Gasteiger partial charge in [-0.3, -0.25) is 4.79 Å². The lowest BCUT2D eigenvalue weighted by Gasteiger charge is -2.19. The molecule has 1 aromatic carbocycles. The number of hydrogen-bond donors (Lipinski definition) is 2. The van der Waals surface area contributed by atoms with Crippen molar-refractivity contribution < 1.29 is 9.90 Å². The van der Waals surface area contributed by atoms with Crippen LogP contribution in [-0.2, 0) is 10.2 Å². The molecular weight excluding hydrogens is 258 g/mol. The normalized spacial score (nSPS) is 13.1. The minimum Gasteiger partial charge on any atom is -0.394 e. The highest BCUT2D eigenvalue weighted by Crippen LogP contribution is 2.25. The first-order valence-electron chi connectivity index (χ1n) is 6.46. The van der Waals surface area contributed by atoms with E-state index in [0.717, 1.165) is 4.90 Å². The van der Waals surface area contributed by atoms with E-state index in [4.69, 9.17) is 5.11 Å². The Balaban J connectivity index is 2.48. The van der Waals surface area contributed by atoms with Crippen molar-refractivity contribution in [3.63, 3.8) is 0 Å². The van der Waals surface area contributed by atoms with Gasteiger partial charge in [-0.2, -0.15) is 0 Å². The van der Waals surface area contributed by atoms with Gasteiger partial charge < -0.3 is 10.4 Å². The standard InChI is InChI=1S/C15H23NO2S/c1-11(9-17)16-14(18)10-19-13-7-5-12(6-8-13)15(2,3)4/h5-8,11,17H,9-10H2,1-4H3,(H,16,18). The van der Waals surface area contributed by atoms with Crippen molar-refractivity contribution in [2.45, 2.75) is 44.0 Å². The van der Waals surface area contributed by atoms with Gasteiger partial charge in [0.1, 0.15) is 0 Å². The van der Waals surface area contributed by atoms with Crippen molar-refractivity contribution in [2.75, 3.05) is 12.4 Å². The van der Waals surface area contributed by atoms with Gasteiger partial charge in [0.25, 0.3) is 0 Å². The van der Waals surface area contributed by atoms with Crippen LogP contribution in [0.3, 0.4) is 0 Å². The summed E-state index contributed by atoms with van der Waals surface area (Å²) in [6, 6.07) is 8.13. The lowest BCUT2D eigenvalue weighted by Crippen LogP contribution is -2.36. The molecule has 0 radical (unpaired) electrons. The van der Waals surface area contributed by atoms with Crippen LogP contribution in [-0.4, -0.2) is 29.4 Å². The maximum absolute atomic E-state index is 11.6. The Bertz CT molecular complexity index is 409. The van der Waals surface area contributed by atoms with Crippen LogP contribution in [0.4, 0.5) is 0 Å². The molecule has 0 aliphatic carbocycles. The molecule has 2 N–H and O–H groups in total. The van der Waals surface area contributed by atoms with Gasteiger partial charge in [-0.25, -0.2) is 0 Å². The van der Waals surface area contributed by atoms with E-state index in [9.17, 15) is 4.79 Å². The third-order valence-corrected chi connectivity index (χ3v) is 3.78. The predicted octanol–water partition coefficient (Wildman–Crippen LogP) is 2.57. The minimum absolute atomic E-state index is 0.0311. The second-order valence-corrected chi connectivity index (χ2v) is 6.76. The Morgan fingerprint density at radius 2 is 1.89 bits per heavy atom. The molecule has 4 heteroatoms. The van der Waals surface area contributed by atoms with E-state index in [1.807, 2.05) is 12.1 Å². The first kappa shape index (κ1) is 16.1. The molecule has 1 aromatic rings. The van der Waals surface area contributed by atoms with Crippen molar-refractivity contribution >= 4 is 17.7 Å². The van der Waals surface area contributed by atoms with Gasteiger partial charge in [-0.15, -0.1) is 11.8 Å². The molecule has 0 fully saturated rings. The highest BCUT2D eigenvalue weighted by atomic mass is 32.2. The average molecular weight is 281 g/mol. The van der Waals surface area contributed by atoms with Crippen molar-refractivity contribution in [1.29, 1.82) is 0 Å². The fraction of sp³-hybridized carbons (Fsp3) is 0.533. The second kappa shape index (κ2) is 6.96. The number of benzene rings is 1.